The second-order valence-electron chi connectivity index (χ2n) is 8.80. The van der Waals surface area contributed by atoms with Gasteiger partial charge in [-0.15, -0.1) is 5.10 Å². The Balaban J connectivity index is 1.56. The number of carbonyl (C=O) groups is 1. The number of piperazine rings is 1. The molecule has 2 aromatic rings. The van der Waals surface area contributed by atoms with Gasteiger partial charge in [0.15, 0.2) is 5.82 Å². The van der Waals surface area contributed by atoms with Gasteiger partial charge in [0.1, 0.15) is 6.10 Å². The summed E-state index contributed by atoms with van der Waals surface area (Å²) in [5.74, 6) is 0.973. The molecule has 1 aromatic carbocycles. The van der Waals surface area contributed by atoms with E-state index in [1.165, 1.54) is 0 Å². The number of rotatable bonds is 4. The highest BCUT2D eigenvalue weighted by Crippen LogP contribution is 2.30. The van der Waals surface area contributed by atoms with Crippen LogP contribution in [0, 0.1) is 0 Å². The minimum absolute atomic E-state index is 0.0505. The third-order valence-electron chi connectivity index (χ3n) is 5.69. The molecule has 8 nitrogen and oxygen atoms in total. The number of aromatic nitrogens is 4. The number of hydrogen-bond acceptors (Lipinski definition) is 6. The number of carbonyl (C=O) groups excluding carboxylic acids is 1. The summed E-state index contributed by atoms with van der Waals surface area (Å²) < 4.78 is 7.50. The van der Waals surface area contributed by atoms with E-state index in [0.29, 0.717) is 19.7 Å². The number of ether oxygens (including phenoxy) is 1. The molecule has 2 aliphatic rings. The van der Waals surface area contributed by atoms with Gasteiger partial charge in [-0.1, -0.05) is 30.3 Å². The van der Waals surface area contributed by atoms with Crippen LogP contribution in [-0.2, 0) is 15.1 Å². The van der Waals surface area contributed by atoms with Gasteiger partial charge in [0.2, 0.25) is 0 Å². The van der Waals surface area contributed by atoms with Crippen LogP contribution in [0.2, 0.25) is 0 Å². The van der Waals surface area contributed by atoms with E-state index < -0.39 is 0 Å². The van der Waals surface area contributed by atoms with E-state index in [4.69, 9.17) is 4.74 Å². The standard InChI is InChI=1S/C21H30N6O2/c1-21(2,3)27-19(22-23-24-27)18(16-8-5-4-6-9-16)25-11-13-26(14-12-25)20(28)17-10-7-15-29-17/h4-6,8-9,17-18H,7,10-15H2,1-3H3. The molecule has 156 valence electrons. The first-order valence-electron chi connectivity index (χ1n) is 10.4. The van der Waals surface area contributed by atoms with Gasteiger partial charge in [-0.3, -0.25) is 9.69 Å². The molecule has 0 saturated carbocycles. The van der Waals surface area contributed by atoms with Crippen LogP contribution in [0.25, 0.3) is 0 Å². The molecule has 2 saturated heterocycles. The van der Waals surface area contributed by atoms with Crippen molar-refractivity contribution in [2.75, 3.05) is 32.8 Å². The lowest BCUT2D eigenvalue weighted by Gasteiger charge is -2.40. The normalized spacial score (nSPS) is 22.0. The van der Waals surface area contributed by atoms with Gasteiger partial charge in [0, 0.05) is 32.8 Å². The predicted molar refractivity (Wildman–Crippen MR) is 108 cm³/mol. The Morgan fingerprint density at radius 2 is 1.86 bits per heavy atom. The molecule has 1 amide bonds. The topological polar surface area (TPSA) is 76.4 Å². The van der Waals surface area contributed by atoms with E-state index >= 15 is 0 Å². The maximum Gasteiger partial charge on any atom is 0.251 e. The van der Waals surface area contributed by atoms with Crippen molar-refractivity contribution in [1.29, 1.82) is 0 Å². The number of hydrogen-bond donors (Lipinski definition) is 0. The SMILES string of the molecule is CC(C)(C)n1nnnc1C(c1ccccc1)N1CCN(C(=O)C2CCCO2)CC1. The molecule has 0 aliphatic carbocycles. The zero-order chi connectivity index (χ0) is 20.4. The van der Waals surface area contributed by atoms with Crippen LogP contribution in [0.4, 0.5) is 0 Å². The summed E-state index contributed by atoms with van der Waals surface area (Å²) >= 11 is 0. The third-order valence-corrected chi connectivity index (χ3v) is 5.69. The van der Waals surface area contributed by atoms with E-state index in [1.54, 1.807) is 0 Å². The van der Waals surface area contributed by atoms with Crippen molar-refractivity contribution in [3.8, 4) is 0 Å². The molecule has 29 heavy (non-hydrogen) atoms. The van der Waals surface area contributed by atoms with Crippen molar-refractivity contribution in [3.05, 3.63) is 41.7 Å². The Kier molecular flexibility index (Phi) is 5.65. The number of tetrazole rings is 1. The maximum absolute atomic E-state index is 12.7. The Bertz CT molecular complexity index is 817. The molecule has 2 aliphatic heterocycles. The van der Waals surface area contributed by atoms with E-state index in [0.717, 1.165) is 37.3 Å². The maximum atomic E-state index is 12.7. The van der Waals surface area contributed by atoms with Crippen LogP contribution in [0.15, 0.2) is 30.3 Å². The van der Waals surface area contributed by atoms with Gasteiger partial charge in [0.25, 0.3) is 5.91 Å². The Hall–Kier alpha value is -2.32. The largest absolute Gasteiger partial charge is 0.368 e. The molecule has 0 N–H and O–H groups in total. The molecule has 4 rings (SSSR count). The second-order valence-corrected chi connectivity index (χ2v) is 8.80. The predicted octanol–water partition coefficient (Wildman–Crippen LogP) is 1.84. The number of benzene rings is 1. The van der Waals surface area contributed by atoms with E-state index in [9.17, 15) is 4.79 Å². The summed E-state index contributed by atoms with van der Waals surface area (Å²) in [7, 11) is 0. The Morgan fingerprint density at radius 3 is 2.48 bits per heavy atom. The van der Waals surface area contributed by atoms with Gasteiger partial charge in [-0.2, -0.15) is 0 Å². The molecule has 2 fully saturated rings. The lowest BCUT2D eigenvalue weighted by atomic mass is 10.0. The number of nitrogens with zero attached hydrogens (tertiary/aromatic N) is 6. The van der Waals surface area contributed by atoms with Gasteiger partial charge < -0.3 is 9.64 Å². The summed E-state index contributed by atoms with van der Waals surface area (Å²) in [6.07, 6.45) is 1.56. The van der Waals surface area contributed by atoms with Crippen LogP contribution >= 0.6 is 0 Å². The first kappa shape index (κ1) is 20.0. The zero-order valence-electron chi connectivity index (χ0n) is 17.5. The average Bonchev–Trinajstić information content (AvgIpc) is 3.41. The second kappa shape index (κ2) is 8.20. The van der Waals surface area contributed by atoms with Crippen molar-refractivity contribution in [1.82, 2.24) is 30.0 Å². The zero-order valence-corrected chi connectivity index (χ0v) is 17.5. The lowest BCUT2D eigenvalue weighted by Crippen LogP contribution is -2.52. The number of amides is 1. The van der Waals surface area contributed by atoms with E-state index in [-0.39, 0.29) is 23.6 Å². The summed E-state index contributed by atoms with van der Waals surface area (Å²) in [6.45, 7) is 9.94. The van der Waals surface area contributed by atoms with Gasteiger partial charge in [0.05, 0.1) is 11.6 Å². The molecule has 2 atom stereocenters. The summed E-state index contributed by atoms with van der Waals surface area (Å²) in [6, 6.07) is 10.3. The Labute approximate surface area is 171 Å². The summed E-state index contributed by atoms with van der Waals surface area (Å²) in [5.41, 5.74) is 0.940. The van der Waals surface area contributed by atoms with Crippen LogP contribution in [-0.4, -0.2) is 74.8 Å². The van der Waals surface area contributed by atoms with Gasteiger partial charge >= 0.3 is 0 Å². The van der Waals surface area contributed by atoms with Crippen molar-refractivity contribution < 1.29 is 9.53 Å². The fourth-order valence-corrected chi connectivity index (χ4v) is 4.18. The third kappa shape index (κ3) is 4.18. The Morgan fingerprint density at radius 1 is 1.14 bits per heavy atom. The minimum Gasteiger partial charge on any atom is -0.368 e. The lowest BCUT2D eigenvalue weighted by molar-refractivity contribution is -0.142. The van der Waals surface area contributed by atoms with Crippen LogP contribution in [0.3, 0.4) is 0 Å². The van der Waals surface area contributed by atoms with E-state index in [2.05, 4.69) is 53.3 Å². The first-order chi connectivity index (χ1) is 13.9. The quantitative estimate of drug-likeness (QED) is 0.782. The molecule has 0 spiro atoms. The highest BCUT2D eigenvalue weighted by atomic mass is 16.5. The van der Waals surface area contributed by atoms with Crippen molar-refractivity contribution in [2.45, 2.75) is 51.3 Å². The molecule has 2 unspecified atom stereocenters. The fraction of sp³-hybridized carbons (Fsp3) is 0.619. The van der Waals surface area contributed by atoms with Crippen molar-refractivity contribution in [3.63, 3.8) is 0 Å². The van der Waals surface area contributed by atoms with Crippen LogP contribution in [0.1, 0.15) is 51.0 Å². The fourth-order valence-electron chi connectivity index (χ4n) is 4.18. The molecular formula is C21H30N6O2. The van der Waals surface area contributed by atoms with Gasteiger partial charge in [-0.25, -0.2) is 4.68 Å². The average molecular weight is 399 g/mol. The monoisotopic (exact) mass is 398 g/mol. The van der Waals surface area contributed by atoms with E-state index in [1.807, 2.05) is 27.8 Å². The summed E-state index contributed by atoms with van der Waals surface area (Å²) in [4.78, 5) is 17.0. The molecule has 1 aromatic heterocycles. The first-order valence-corrected chi connectivity index (χ1v) is 10.4. The minimum atomic E-state index is -0.250. The molecule has 3 heterocycles. The van der Waals surface area contributed by atoms with Crippen molar-refractivity contribution in [2.24, 2.45) is 0 Å². The smallest absolute Gasteiger partial charge is 0.251 e. The van der Waals surface area contributed by atoms with Crippen molar-refractivity contribution >= 4 is 5.91 Å². The molecule has 0 bridgehead atoms. The highest BCUT2D eigenvalue weighted by molar-refractivity contribution is 5.81. The molecule has 0 radical (unpaired) electrons. The molecular weight excluding hydrogens is 368 g/mol. The summed E-state index contributed by atoms with van der Waals surface area (Å²) in [5, 5.41) is 12.7. The molecule has 8 heteroatoms. The van der Waals surface area contributed by atoms with Crippen LogP contribution < -0.4 is 0 Å². The highest BCUT2D eigenvalue weighted by Gasteiger charge is 2.35. The van der Waals surface area contributed by atoms with Gasteiger partial charge in [-0.05, 0) is 49.6 Å². The van der Waals surface area contributed by atoms with Crippen LogP contribution in [0.5, 0.6) is 0 Å².